The second-order valence-corrected chi connectivity index (χ2v) is 9.23. The molecule has 1 fully saturated rings. The number of amides is 1. The molecule has 1 saturated heterocycles. The maximum Gasteiger partial charge on any atom is 0.414 e. The van der Waals surface area contributed by atoms with Crippen molar-refractivity contribution in [2.75, 3.05) is 11.4 Å². The Balaban J connectivity index is 1.46. The van der Waals surface area contributed by atoms with Crippen LogP contribution in [0.25, 0.3) is 5.69 Å². The second kappa shape index (κ2) is 9.28. The van der Waals surface area contributed by atoms with Crippen molar-refractivity contribution in [2.24, 2.45) is 0 Å². The van der Waals surface area contributed by atoms with Gasteiger partial charge in [0.25, 0.3) is 5.56 Å². The normalized spacial score (nSPS) is 15.8. The minimum atomic E-state index is -0.465. The number of carbonyl (C=O) groups excluding carboxylic acids is 2. The Bertz CT molecular complexity index is 1240. The molecule has 166 valence electrons. The molecule has 3 heterocycles. The van der Waals surface area contributed by atoms with E-state index < -0.39 is 6.09 Å². The first-order chi connectivity index (χ1) is 15.4. The van der Waals surface area contributed by atoms with E-state index in [1.807, 2.05) is 13.0 Å². The summed E-state index contributed by atoms with van der Waals surface area (Å²) in [5.74, 6) is -0.0212. The topological polar surface area (TPSA) is 88.8 Å². The number of ether oxygens (including phenoxy) is 1. The lowest BCUT2D eigenvalue weighted by Crippen LogP contribution is -2.25. The number of thiophene rings is 1. The minimum Gasteiger partial charge on any atom is -0.444 e. The summed E-state index contributed by atoms with van der Waals surface area (Å²) in [5, 5.41) is 9.35. The molecule has 0 saturated carbocycles. The van der Waals surface area contributed by atoms with Gasteiger partial charge in [0.2, 0.25) is 0 Å². The molecular weight excluding hydrogens is 452 g/mol. The van der Waals surface area contributed by atoms with Crippen LogP contribution in [0.1, 0.15) is 33.6 Å². The Morgan fingerprint density at radius 1 is 1.25 bits per heavy atom. The number of aryl methyl sites for hydroxylation is 1. The van der Waals surface area contributed by atoms with Crippen LogP contribution < -0.4 is 10.5 Å². The highest BCUT2D eigenvalue weighted by Gasteiger charge is 2.32. The van der Waals surface area contributed by atoms with Gasteiger partial charge in [0, 0.05) is 23.9 Å². The third-order valence-electron chi connectivity index (χ3n) is 5.36. The summed E-state index contributed by atoms with van der Waals surface area (Å²) in [6.07, 6.45) is 1.49. The summed E-state index contributed by atoms with van der Waals surface area (Å²) in [5.41, 5.74) is 2.13. The zero-order chi connectivity index (χ0) is 22.8. The monoisotopic (exact) mass is 472 g/mol. The highest BCUT2D eigenvalue weighted by atomic mass is 35.5. The number of carbonyl (C=O) groups is 2. The number of halogens is 1. The highest BCUT2D eigenvalue weighted by molar-refractivity contribution is 7.18. The molecule has 1 aliphatic rings. The number of rotatable bonds is 7. The van der Waals surface area contributed by atoms with E-state index in [0.29, 0.717) is 39.1 Å². The number of aromatic nitrogens is 1. The lowest BCUT2D eigenvalue weighted by atomic mass is 10.1. The van der Waals surface area contributed by atoms with Crippen LogP contribution in [-0.4, -0.2) is 34.2 Å². The maximum absolute atomic E-state index is 12.5. The second-order valence-electron chi connectivity index (χ2n) is 7.52. The molecule has 0 unspecified atom stereocenters. The molecule has 2 aromatic heterocycles. The first-order valence-electron chi connectivity index (χ1n) is 10.1. The minimum absolute atomic E-state index is 0.0212. The van der Waals surface area contributed by atoms with Crippen molar-refractivity contribution in [3.63, 3.8) is 0 Å². The number of ketones is 1. The number of hydrogen-bond acceptors (Lipinski definition) is 6. The average molecular weight is 473 g/mol. The molecular formula is C23H21ClN2O5S. The predicted molar refractivity (Wildman–Crippen MR) is 123 cm³/mol. The molecule has 1 aliphatic heterocycles. The van der Waals surface area contributed by atoms with Crippen molar-refractivity contribution >= 4 is 40.5 Å². The summed E-state index contributed by atoms with van der Waals surface area (Å²) in [4.78, 5) is 39.4. The van der Waals surface area contributed by atoms with E-state index >= 15 is 0 Å². The first kappa shape index (κ1) is 22.3. The summed E-state index contributed by atoms with van der Waals surface area (Å²) < 4.78 is 7.49. The zero-order valence-corrected chi connectivity index (χ0v) is 18.9. The van der Waals surface area contributed by atoms with E-state index in [2.05, 4.69) is 0 Å². The quantitative estimate of drug-likeness (QED) is 0.517. The van der Waals surface area contributed by atoms with E-state index in [1.54, 1.807) is 42.6 Å². The molecule has 3 aromatic rings. The van der Waals surface area contributed by atoms with Crippen LogP contribution in [-0.2, 0) is 11.3 Å². The van der Waals surface area contributed by atoms with Crippen LogP contribution in [0.2, 0.25) is 4.34 Å². The van der Waals surface area contributed by atoms with E-state index in [-0.39, 0.29) is 30.5 Å². The smallest absolute Gasteiger partial charge is 0.414 e. The summed E-state index contributed by atoms with van der Waals surface area (Å²) in [6, 6.07) is 12.0. The molecule has 9 heteroatoms. The first-order valence-corrected chi connectivity index (χ1v) is 11.3. The molecule has 0 aliphatic carbocycles. The van der Waals surface area contributed by atoms with Crippen molar-refractivity contribution in [1.29, 1.82) is 0 Å². The molecule has 4 rings (SSSR count). The number of anilines is 1. The van der Waals surface area contributed by atoms with Gasteiger partial charge in [-0.3, -0.25) is 19.1 Å². The van der Waals surface area contributed by atoms with Gasteiger partial charge in [-0.05, 0) is 61.4 Å². The molecule has 32 heavy (non-hydrogen) atoms. The molecule has 1 atom stereocenters. The fourth-order valence-corrected chi connectivity index (χ4v) is 4.70. The molecule has 1 N–H and O–H groups in total. The molecule has 1 amide bonds. The summed E-state index contributed by atoms with van der Waals surface area (Å²) >= 11 is 7.13. The largest absolute Gasteiger partial charge is 0.444 e. The fourth-order valence-electron chi connectivity index (χ4n) is 3.69. The van der Waals surface area contributed by atoms with Gasteiger partial charge in [0.1, 0.15) is 6.10 Å². The van der Waals surface area contributed by atoms with Crippen LogP contribution in [0.15, 0.2) is 53.5 Å². The number of cyclic esters (lactones) is 1. The van der Waals surface area contributed by atoms with Crippen molar-refractivity contribution in [3.05, 3.63) is 79.4 Å². The van der Waals surface area contributed by atoms with E-state index in [1.165, 1.54) is 20.8 Å². The van der Waals surface area contributed by atoms with E-state index in [4.69, 9.17) is 16.3 Å². The Morgan fingerprint density at radius 3 is 2.75 bits per heavy atom. The van der Waals surface area contributed by atoms with E-state index in [9.17, 15) is 19.5 Å². The number of Topliss-reactive ketones (excluding diaryl/α,β-unsaturated/α-hetero) is 1. The van der Waals surface area contributed by atoms with Crippen LogP contribution in [0.4, 0.5) is 10.5 Å². The number of nitrogens with zero attached hydrogens (tertiary/aromatic N) is 2. The van der Waals surface area contributed by atoms with Gasteiger partial charge in [-0.15, -0.1) is 11.3 Å². The van der Waals surface area contributed by atoms with Crippen molar-refractivity contribution in [1.82, 2.24) is 4.57 Å². The van der Waals surface area contributed by atoms with Crippen molar-refractivity contribution in [3.8, 4) is 5.69 Å². The highest BCUT2D eigenvalue weighted by Crippen LogP contribution is 2.28. The van der Waals surface area contributed by atoms with Crippen LogP contribution in [0.5, 0.6) is 0 Å². The molecule has 1 aromatic carbocycles. The average Bonchev–Trinajstić information content (AvgIpc) is 3.38. The van der Waals surface area contributed by atoms with Crippen LogP contribution in [0, 0.1) is 6.92 Å². The summed E-state index contributed by atoms with van der Waals surface area (Å²) in [6.45, 7) is 1.86. The zero-order valence-electron chi connectivity index (χ0n) is 17.3. The summed E-state index contributed by atoms with van der Waals surface area (Å²) in [7, 11) is 0. The van der Waals surface area contributed by atoms with Gasteiger partial charge in [-0.2, -0.15) is 0 Å². The lowest BCUT2D eigenvalue weighted by Gasteiger charge is -2.16. The van der Waals surface area contributed by atoms with Gasteiger partial charge in [-0.25, -0.2) is 4.79 Å². The molecule has 0 bridgehead atoms. The number of pyridine rings is 1. The van der Waals surface area contributed by atoms with Gasteiger partial charge >= 0.3 is 6.09 Å². The molecule has 7 nitrogen and oxygen atoms in total. The van der Waals surface area contributed by atoms with Crippen molar-refractivity contribution in [2.45, 2.75) is 32.5 Å². The number of aliphatic hydroxyl groups excluding tert-OH is 1. The Morgan fingerprint density at radius 2 is 2.06 bits per heavy atom. The van der Waals surface area contributed by atoms with E-state index in [0.717, 1.165) is 5.56 Å². The standard InChI is InChI=1S/C23H21ClN2O5S/c1-14-11-16(4-6-18(14)25-10-2-3-15(13-27)22(25)29)26-12-17(31-23(26)30)5-7-19(28)20-8-9-21(24)32-20/h2-4,6,8-11,17,27H,5,7,12-13H2,1H3/t17-/m0/s1. The molecule has 0 spiro atoms. The van der Waals surface area contributed by atoms with Crippen molar-refractivity contribution < 1.29 is 19.4 Å². The number of hydrogen-bond donors (Lipinski definition) is 1. The molecule has 0 radical (unpaired) electrons. The fraction of sp³-hybridized carbons (Fsp3) is 0.261. The van der Waals surface area contributed by atoms with Gasteiger partial charge in [-0.1, -0.05) is 11.6 Å². The third kappa shape index (κ3) is 4.48. The van der Waals surface area contributed by atoms with Gasteiger partial charge in [0.15, 0.2) is 5.78 Å². The lowest BCUT2D eigenvalue weighted by molar-refractivity contribution is 0.0943. The van der Waals surface area contributed by atoms with Gasteiger partial charge in [0.05, 0.1) is 28.1 Å². The maximum atomic E-state index is 12.5. The third-order valence-corrected chi connectivity index (χ3v) is 6.64. The Kier molecular flexibility index (Phi) is 6.45. The van der Waals surface area contributed by atoms with Gasteiger partial charge < -0.3 is 9.84 Å². The predicted octanol–water partition coefficient (Wildman–Crippen LogP) is 4.34. The van der Waals surface area contributed by atoms with Crippen LogP contribution in [0.3, 0.4) is 0 Å². The number of benzene rings is 1. The van der Waals surface area contributed by atoms with Crippen LogP contribution >= 0.6 is 22.9 Å². The number of aliphatic hydroxyl groups is 1. The SMILES string of the molecule is Cc1cc(N2C[C@H](CCC(=O)c3ccc(Cl)s3)OC2=O)ccc1-n1cccc(CO)c1=O. The Hall–Kier alpha value is -2.94. The Labute approximate surface area is 193 Å².